The van der Waals surface area contributed by atoms with E-state index in [0.717, 1.165) is 5.69 Å². The van der Waals surface area contributed by atoms with Gasteiger partial charge >= 0.3 is 0 Å². The van der Waals surface area contributed by atoms with Gasteiger partial charge < -0.3 is 5.73 Å². The van der Waals surface area contributed by atoms with Gasteiger partial charge in [-0.1, -0.05) is 23.7 Å². The second-order valence-corrected chi connectivity index (χ2v) is 3.83. The molecule has 0 saturated heterocycles. The zero-order chi connectivity index (χ0) is 11.5. The Morgan fingerprint density at radius 2 is 2.19 bits per heavy atom. The average molecular weight is 240 g/mol. The predicted molar refractivity (Wildman–Crippen MR) is 60.6 cm³/mol. The van der Waals surface area contributed by atoms with Crippen molar-refractivity contribution in [2.45, 2.75) is 13.1 Å². The van der Waals surface area contributed by atoms with Gasteiger partial charge in [-0.15, -0.1) is 0 Å². The lowest BCUT2D eigenvalue weighted by Crippen LogP contribution is -2.05. The molecule has 0 aliphatic heterocycles. The van der Waals surface area contributed by atoms with E-state index >= 15 is 0 Å². The van der Waals surface area contributed by atoms with E-state index in [1.54, 1.807) is 23.0 Å². The summed E-state index contributed by atoms with van der Waals surface area (Å²) >= 11 is 5.69. The molecule has 0 aliphatic carbocycles. The van der Waals surface area contributed by atoms with Crippen LogP contribution in [0.2, 0.25) is 5.02 Å². The quantitative estimate of drug-likeness (QED) is 0.892. The van der Waals surface area contributed by atoms with Gasteiger partial charge in [-0.05, 0) is 12.1 Å². The van der Waals surface area contributed by atoms with Gasteiger partial charge in [0.2, 0.25) is 0 Å². The molecule has 3 nitrogen and oxygen atoms in total. The Hall–Kier alpha value is -1.39. The maximum Gasteiger partial charge on any atom is 0.146 e. The van der Waals surface area contributed by atoms with Gasteiger partial charge in [0.1, 0.15) is 5.82 Å². The number of rotatable bonds is 3. The molecule has 0 unspecified atom stereocenters. The molecular formula is C11H11ClFN3. The maximum absolute atomic E-state index is 13.6. The standard InChI is InChI=1S/C11H11ClFN3/c12-10-3-1-2-8(11(10)13)7-16-5-4-9(6-14)15-16/h1-5H,6-7,14H2. The lowest BCUT2D eigenvalue weighted by Gasteiger charge is -2.04. The van der Waals surface area contributed by atoms with E-state index in [9.17, 15) is 4.39 Å². The van der Waals surface area contributed by atoms with Crippen molar-refractivity contribution in [2.75, 3.05) is 0 Å². The van der Waals surface area contributed by atoms with Crippen molar-refractivity contribution in [3.63, 3.8) is 0 Å². The van der Waals surface area contributed by atoms with Crippen LogP contribution in [0, 0.1) is 5.82 Å². The minimum Gasteiger partial charge on any atom is -0.325 e. The van der Waals surface area contributed by atoms with Crippen LogP contribution < -0.4 is 5.73 Å². The highest BCUT2D eigenvalue weighted by molar-refractivity contribution is 6.30. The van der Waals surface area contributed by atoms with E-state index in [2.05, 4.69) is 5.10 Å². The van der Waals surface area contributed by atoms with Crippen molar-refractivity contribution in [3.8, 4) is 0 Å². The van der Waals surface area contributed by atoms with Gasteiger partial charge in [-0.25, -0.2) is 4.39 Å². The normalized spacial score (nSPS) is 10.7. The van der Waals surface area contributed by atoms with E-state index in [1.807, 2.05) is 6.07 Å². The van der Waals surface area contributed by atoms with Gasteiger partial charge in [0, 0.05) is 18.3 Å². The van der Waals surface area contributed by atoms with Crippen LogP contribution in [-0.4, -0.2) is 9.78 Å². The van der Waals surface area contributed by atoms with Gasteiger partial charge in [-0.2, -0.15) is 5.10 Å². The smallest absolute Gasteiger partial charge is 0.146 e. The van der Waals surface area contributed by atoms with Gasteiger partial charge in [-0.3, -0.25) is 4.68 Å². The first-order chi connectivity index (χ1) is 7.70. The van der Waals surface area contributed by atoms with Crippen LogP contribution in [0.5, 0.6) is 0 Å². The molecule has 0 fully saturated rings. The number of benzene rings is 1. The molecule has 2 rings (SSSR count). The molecule has 1 aromatic carbocycles. The van der Waals surface area contributed by atoms with Crippen LogP contribution in [-0.2, 0) is 13.1 Å². The molecule has 0 amide bonds. The summed E-state index contributed by atoms with van der Waals surface area (Å²) in [4.78, 5) is 0. The number of nitrogens with two attached hydrogens (primary N) is 1. The molecule has 16 heavy (non-hydrogen) atoms. The van der Waals surface area contributed by atoms with Gasteiger partial charge in [0.25, 0.3) is 0 Å². The first-order valence-corrected chi connectivity index (χ1v) is 5.24. The zero-order valence-corrected chi connectivity index (χ0v) is 9.28. The SMILES string of the molecule is NCc1ccn(Cc2cccc(Cl)c2F)n1. The highest BCUT2D eigenvalue weighted by Gasteiger charge is 2.07. The Bertz CT molecular complexity index is 496. The van der Waals surface area contributed by atoms with E-state index in [4.69, 9.17) is 17.3 Å². The first-order valence-electron chi connectivity index (χ1n) is 4.86. The van der Waals surface area contributed by atoms with Crippen LogP contribution in [0.3, 0.4) is 0 Å². The fourth-order valence-electron chi connectivity index (χ4n) is 1.45. The molecule has 2 aromatic rings. The molecule has 1 heterocycles. The number of hydrogen-bond acceptors (Lipinski definition) is 2. The number of halogens is 2. The van der Waals surface area contributed by atoms with Gasteiger partial charge in [0.15, 0.2) is 0 Å². The summed E-state index contributed by atoms with van der Waals surface area (Å²) in [5.74, 6) is -0.394. The van der Waals surface area contributed by atoms with Crippen LogP contribution in [0.1, 0.15) is 11.3 Å². The van der Waals surface area contributed by atoms with E-state index < -0.39 is 5.82 Å². The van der Waals surface area contributed by atoms with Crippen LogP contribution >= 0.6 is 11.6 Å². The summed E-state index contributed by atoms with van der Waals surface area (Å²) < 4.78 is 15.2. The fraction of sp³-hybridized carbons (Fsp3) is 0.182. The molecule has 1 aromatic heterocycles. The van der Waals surface area contributed by atoms with E-state index in [1.165, 1.54) is 6.07 Å². The minimum absolute atomic E-state index is 0.128. The fourth-order valence-corrected chi connectivity index (χ4v) is 1.64. The number of hydrogen-bond donors (Lipinski definition) is 1. The molecule has 5 heteroatoms. The lowest BCUT2D eigenvalue weighted by atomic mass is 10.2. The Morgan fingerprint density at radius 1 is 1.38 bits per heavy atom. The van der Waals surface area contributed by atoms with Crippen molar-refractivity contribution in [1.29, 1.82) is 0 Å². The van der Waals surface area contributed by atoms with Crippen molar-refractivity contribution in [3.05, 3.63) is 52.6 Å². The lowest BCUT2D eigenvalue weighted by molar-refractivity contribution is 0.583. The third-order valence-electron chi connectivity index (χ3n) is 2.27. The third kappa shape index (κ3) is 2.23. The van der Waals surface area contributed by atoms with Crippen molar-refractivity contribution in [1.82, 2.24) is 9.78 Å². The van der Waals surface area contributed by atoms with Crippen molar-refractivity contribution in [2.24, 2.45) is 5.73 Å². The number of nitrogens with zero attached hydrogens (tertiary/aromatic N) is 2. The topological polar surface area (TPSA) is 43.8 Å². The summed E-state index contributed by atoms with van der Waals surface area (Å²) in [6, 6.07) is 6.73. The maximum atomic E-state index is 13.6. The largest absolute Gasteiger partial charge is 0.325 e. The van der Waals surface area contributed by atoms with Crippen LogP contribution in [0.4, 0.5) is 4.39 Å². The molecule has 0 radical (unpaired) electrons. The molecule has 0 bridgehead atoms. The monoisotopic (exact) mass is 239 g/mol. The van der Waals surface area contributed by atoms with Crippen molar-refractivity contribution >= 4 is 11.6 Å². The van der Waals surface area contributed by atoms with Crippen LogP contribution in [0.25, 0.3) is 0 Å². The molecule has 0 atom stereocenters. The average Bonchev–Trinajstić information content (AvgIpc) is 2.73. The van der Waals surface area contributed by atoms with Crippen molar-refractivity contribution < 1.29 is 4.39 Å². The Balaban J connectivity index is 2.23. The predicted octanol–water partition coefficient (Wildman–Crippen LogP) is 2.18. The van der Waals surface area contributed by atoms with E-state index in [-0.39, 0.29) is 5.02 Å². The highest BCUT2D eigenvalue weighted by Crippen LogP contribution is 2.18. The zero-order valence-electron chi connectivity index (χ0n) is 8.53. The summed E-state index contributed by atoms with van der Waals surface area (Å²) in [5.41, 5.74) is 6.73. The Morgan fingerprint density at radius 3 is 2.88 bits per heavy atom. The molecule has 0 aliphatic rings. The van der Waals surface area contributed by atoms with Gasteiger partial charge in [0.05, 0.1) is 17.3 Å². The van der Waals surface area contributed by atoms with Crippen LogP contribution in [0.15, 0.2) is 30.5 Å². The third-order valence-corrected chi connectivity index (χ3v) is 2.56. The molecule has 0 spiro atoms. The number of aromatic nitrogens is 2. The Labute approximate surface area is 97.6 Å². The Kier molecular flexibility index (Phi) is 3.22. The summed E-state index contributed by atoms with van der Waals surface area (Å²) in [6.07, 6.45) is 1.77. The second-order valence-electron chi connectivity index (χ2n) is 3.42. The molecule has 0 saturated carbocycles. The summed E-state index contributed by atoms with van der Waals surface area (Å²) in [7, 11) is 0. The first kappa shape index (κ1) is 11.1. The molecular weight excluding hydrogens is 229 g/mol. The molecule has 84 valence electrons. The second kappa shape index (κ2) is 4.63. The summed E-state index contributed by atoms with van der Waals surface area (Å²) in [6.45, 7) is 0.734. The molecule has 2 N–H and O–H groups in total. The van der Waals surface area contributed by atoms with E-state index in [0.29, 0.717) is 18.7 Å². The highest BCUT2D eigenvalue weighted by atomic mass is 35.5. The summed E-state index contributed by atoms with van der Waals surface area (Å²) in [5, 5.41) is 4.31. The minimum atomic E-state index is -0.394.